The molecule has 1 amide bonds. The monoisotopic (exact) mass is 312 g/mol. The fraction of sp³-hybridized carbons (Fsp3) is 0.333. The standard InChI is InChI=1S/C12H13BrN2O3/c13-9-3-1-8(2-4-9)7-18-12(17)10-5-15-11(16)6-14-10/h1-4,10,14H,5-7H2,(H,15,16). The number of hydrogen-bond donors (Lipinski definition) is 2. The Morgan fingerprint density at radius 2 is 2.11 bits per heavy atom. The largest absolute Gasteiger partial charge is 0.460 e. The maximum Gasteiger partial charge on any atom is 0.325 e. The Labute approximate surface area is 113 Å². The third-order valence-electron chi connectivity index (χ3n) is 2.59. The Morgan fingerprint density at radius 1 is 1.39 bits per heavy atom. The van der Waals surface area contributed by atoms with Gasteiger partial charge >= 0.3 is 5.97 Å². The first-order valence-electron chi connectivity index (χ1n) is 5.56. The first-order valence-corrected chi connectivity index (χ1v) is 6.35. The number of ether oxygens (including phenoxy) is 1. The van der Waals surface area contributed by atoms with Crippen LogP contribution in [0.2, 0.25) is 0 Å². The highest BCUT2D eigenvalue weighted by Crippen LogP contribution is 2.11. The number of hydrogen-bond acceptors (Lipinski definition) is 4. The van der Waals surface area contributed by atoms with Gasteiger partial charge in [-0.25, -0.2) is 0 Å². The molecule has 0 aliphatic carbocycles. The number of halogens is 1. The minimum absolute atomic E-state index is 0.105. The molecule has 1 fully saturated rings. The molecule has 1 saturated heterocycles. The second-order valence-electron chi connectivity index (χ2n) is 3.97. The van der Waals surface area contributed by atoms with E-state index in [0.717, 1.165) is 10.0 Å². The molecule has 0 saturated carbocycles. The number of amides is 1. The average Bonchev–Trinajstić information content (AvgIpc) is 2.38. The van der Waals surface area contributed by atoms with Gasteiger partial charge in [0.1, 0.15) is 12.6 Å². The van der Waals surface area contributed by atoms with Gasteiger partial charge in [-0.2, -0.15) is 0 Å². The van der Waals surface area contributed by atoms with Gasteiger partial charge in [0.05, 0.1) is 6.54 Å². The van der Waals surface area contributed by atoms with E-state index in [9.17, 15) is 9.59 Å². The van der Waals surface area contributed by atoms with Crippen molar-refractivity contribution in [2.45, 2.75) is 12.6 Å². The van der Waals surface area contributed by atoms with Crippen molar-refractivity contribution in [2.75, 3.05) is 13.1 Å². The first-order chi connectivity index (χ1) is 8.65. The van der Waals surface area contributed by atoms with Crippen LogP contribution in [0, 0.1) is 0 Å². The third kappa shape index (κ3) is 3.54. The molecule has 0 bridgehead atoms. The SMILES string of the molecule is O=C1CNC(C(=O)OCc2ccc(Br)cc2)CN1. The molecule has 0 aromatic heterocycles. The maximum atomic E-state index is 11.7. The molecular formula is C12H13BrN2O3. The van der Waals surface area contributed by atoms with Crippen LogP contribution in [0.5, 0.6) is 0 Å². The molecule has 1 aliphatic heterocycles. The molecule has 5 nitrogen and oxygen atoms in total. The molecule has 96 valence electrons. The number of nitrogens with one attached hydrogen (secondary N) is 2. The van der Waals surface area contributed by atoms with Crippen molar-refractivity contribution >= 4 is 27.8 Å². The van der Waals surface area contributed by atoms with E-state index >= 15 is 0 Å². The lowest BCUT2D eigenvalue weighted by atomic mass is 10.2. The van der Waals surface area contributed by atoms with Crippen molar-refractivity contribution in [3.05, 3.63) is 34.3 Å². The molecule has 2 N–H and O–H groups in total. The van der Waals surface area contributed by atoms with Gasteiger partial charge in [-0.15, -0.1) is 0 Å². The van der Waals surface area contributed by atoms with Crippen molar-refractivity contribution in [3.63, 3.8) is 0 Å². The second kappa shape index (κ2) is 5.97. The zero-order valence-corrected chi connectivity index (χ0v) is 11.2. The van der Waals surface area contributed by atoms with Gasteiger partial charge in [-0.05, 0) is 17.7 Å². The van der Waals surface area contributed by atoms with E-state index in [4.69, 9.17) is 4.74 Å². The maximum absolute atomic E-state index is 11.7. The molecule has 1 aromatic rings. The summed E-state index contributed by atoms with van der Waals surface area (Å²) in [5.74, 6) is -0.454. The summed E-state index contributed by atoms with van der Waals surface area (Å²) in [6.07, 6.45) is 0. The number of carbonyl (C=O) groups is 2. The van der Waals surface area contributed by atoms with E-state index in [-0.39, 0.29) is 31.6 Å². The van der Waals surface area contributed by atoms with Crippen LogP contribution < -0.4 is 10.6 Å². The van der Waals surface area contributed by atoms with Crippen LogP contribution in [-0.2, 0) is 20.9 Å². The Hall–Kier alpha value is -1.40. The Morgan fingerprint density at radius 3 is 2.72 bits per heavy atom. The van der Waals surface area contributed by atoms with Crippen molar-refractivity contribution in [2.24, 2.45) is 0 Å². The minimum atomic E-state index is -0.460. The average molecular weight is 313 g/mol. The van der Waals surface area contributed by atoms with Gasteiger partial charge in [0.25, 0.3) is 0 Å². The highest BCUT2D eigenvalue weighted by atomic mass is 79.9. The van der Waals surface area contributed by atoms with Gasteiger partial charge in [-0.1, -0.05) is 28.1 Å². The molecule has 0 spiro atoms. The molecule has 1 aliphatic rings. The molecule has 6 heteroatoms. The molecule has 0 radical (unpaired) electrons. The summed E-state index contributed by atoms with van der Waals surface area (Å²) in [4.78, 5) is 22.6. The molecule has 1 heterocycles. The van der Waals surface area contributed by atoms with E-state index in [1.807, 2.05) is 24.3 Å². The van der Waals surface area contributed by atoms with E-state index in [1.165, 1.54) is 0 Å². The molecule has 1 atom stereocenters. The lowest BCUT2D eigenvalue weighted by molar-refractivity contribution is -0.148. The molecule has 1 unspecified atom stereocenters. The van der Waals surface area contributed by atoms with E-state index in [1.54, 1.807) is 0 Å². The number of rotatable bonds is 3. The summed E-state index contributed by atoms with van der Waals surface area (Å²) in [7, 11) is 0. The molecule has 18 heavy (non-hydrogen) atoms. The van der Waals surface area contributed by atoms with E-state index in [2.05, 4.69) is 26.6 Å². The topological polar surface area (TPSA) is 67.4 Å². The lowest BCUT2D eigenvalue weighted by Crippen LogP contribution is -2.55. The number of piperazine rings is 1. The Kier molecular flexibility index (Phi) is 4.33. The van der Waals surface area contributed by atoms with Crippen LogP contribution in [0.15, 0.2) is 28.7 Å². The number of benzene rings is 1. The van der Waals surface area contributed by atoms with Gasteiger partial charge in [0, 0.05) is 11.0 Å². The summed E-state index contributed by atoms with van der Waals surface area (Å²) in [5.41, 5.74) is 0.923. The van der Waals surface area contributed by atoms with Crippen molar-refractivity contribution in [1.82, 2.24) is 10.6 Å². The van der Waals surface area contributed by atoms with Gasteiger partial charge in [-0.3, -0.25) is 14.9 Å². The summed E-state index contributed by atoms with van der Waals surface area (Å²) in [6.45, 7) is 0.661. The fourth-order valence-corrected chi connectivity index (χ4v) is 1.83. The van der Waals surface area contributed by atoms with E-state index in [0.29, 0.717) is 0 Å². The normalized spacial score (nSPS) is 19.2. The predicted octanol–water partition coefficient (Wildman–Crippen LogP) is 0.580. The molecule has 1 aromatic carbocycles. The summed E-state index contributed by atoms with van der Waals surface area (Å²) < 4.78 is 6.16. The minimum Gasteiger partial charge on any atom is -0.460 e. The lowest BCUT2D eigenvalue weighted by Gasteiger charge is -2.22. The van der Waals surface area contributed by atoms with Crippen LogP contribution in [0.1, 0.15) is 5.56 Å². The first kappa shape index (κ1) is 13.0. The van der Waals surface area contributed by atoms with Gasteiger partial charge in [0.15, 0.2) is 0 Å². The van der Waals surface area contributed by atoms with Crippen molar-refractivity contribution in [1.29, 1.82) is 0 Å². The van der Waals surface area contributed by atoms with Crippen LogP contribution in [0.3, 0.4) is 0 Å². The zero-order valence-electron chi connectivity index (χ0n) is 9.61. The second-order valence-corrected chi connectivity index (χ2v) is 4.89. The summed E-state index contributed by atoms with van der Waals surface area (Å²) >= 11 is 3.34. The predicted molar refractivity (Wildman–Crippen MR) is 68.7 cm³/mol. The van der Waals surface area contributed by atoms with Crippen LogP contribution in [0.4, 0.5) is 0 Å². The Bertz CT molecular complexity index is 437. The fourth-order valence-electron chi connectivity index (χ4n) is 1.57. The van der Waals surface area contributed by atoms with Crippen LogP contribution >= 0.6 is 15.9 Å². The van der Waals surface area contributed by atoms with Gasteiger partial charge in [0.2, 0.25) is 5.91 Å². The van der Waals surface area contributed by atoms with E-state index < -0.39 is 6.04 Å². The highest BCUT2D eigenvalue weighted by molar-refractivity contribution is 9.10. The molecule has 2 rings (SSSR count). The van der Waals surface area contributed by atoms with Crippen molar-refractivity contribution in [3.8, 4) is 0 Å². The third-order valence-corrected chi connectivity index (χ3v) is 3.12. The number of esters is 1. The highest BCUT2D eigenvalue weighted by Gasteiger charge is 2.24. The zero-order chi connectivity index (χ0) is 13.0. The Balaban J connectivity index is 1.81. The van der Waals surface area contributed by atoms with Crippen LogP contribution in [0.25, 0.3) is 0 Å². The summed E-state index contributed by atoms with van der Waals surface area (Å²) in [5, 5.41) is 5.43. The van der Waals surface area contributed by atoms with Gasteiger partial charge < -0.3 is 10.1 Å². The quantitative estimate of drug-likeness (QED) is 0.801. The van der Waals surface area contributed by atoms with Crippen molar-refractivity contribution < 1.29 is 14.3 Å². The smallest absolute Gasteiger partial charge is 0.325 e. The summed E-state index contributed by atoms with van der Waals surface area (Å²) in [6, 6.07) is 7.09. The van der Waals surface area contributed by atoms with Crippen LogP contribution in [-0.4, -0.2) is 31.0 Å². The molecular weight excluding hydrogens is 300 g/mol. The number of carbonyl (C=O) groups excluding carboxylic acids is 2.